The van der Waals surface area contributed by atoms with Gasteiger partial charge in [-0.25, -0.2) is 0 Å². The van der Waals surface area contributed by atoms with Crippen molar-refractivity contribution in [2.24, 2.45) is 11.1 Å². The summed E-state index contributed by atoms with van der Waals surface area (Å²) in [6.45, 7) is 6.28. The van der Waals surface area contributed by atoms with Gasteiger partial charge in [0.2, 0.25) is 5.91 Å². The second-order valence-corrected chi connectivity index (χ2v) is 6.62. The first-order chi connectivity index (χ1) is 10.2. The van der Waals surface area contributed by atoms with E-state index in [1.54, 1.807) is 0 Å². The Morgan fingerprint density at radius 2 is 1.90 bits per heavy atom. The lowest BCUT2D eigenvalue weighted by Gasteiger charge is -2.42. The minimum atomic E-state index is 0.160. The van der Waals surface area contributed by atoms with E-state index in [1.165, 1.54) is 32.1 Å². The number of amides is 1. The topological polar surface area (TPSA) is 67.6 Å². The maximum atomic E-state index is 11.9. The summed E-state index contributed by atoms with van der Waals surface area (Å²) in [5, 5.41) is 3.17. The molecule has 21 heavy (non-hydrogen) atoms. The van der Waals surface area contributed by atoms with Gasteiger partial charge in [-0.05, 0) is 25.8 Å². The number of morpholine rings is 1. The fourth-order valence-electron chi connectivity index (χ4n) is 3.56. The van der Waals surface area contributed by atoms with Crippen molar-refractivity contribution in [2.45, 2.75) is 44.9 Å². The van der Waals surface area contributed by atoms with Crippen LogP contribution in [0.5, 0.6) is 0 Å². The van der Waals surface area contributed by atoms with Gasteiger partial charge in [0, 0.05) is 38.0 Å². The van der Waals surface area contributed by atoms with Crippen molar-refractivity contribution in [1.29, 1.82) is 0 Å². The van der Waals surface area contributed by atoms with Gasteiger partial charge in [0.05, 0.1) is 13.2 Å². The molecule has 0 aromatic rings. The molecule has 122 valence electrons. The number of nitrogens with zero attached hydrogens (tertiary/aromatic N) is 1. The first-order valence-electron chi connectivity index (χ1n) is 8.51. The van der Waals surface area contributed by atoms with Gasteiger partial charge in [-0.3, -0.25) is 9.69 Å². The van der Waals surface area contributed by atoms with Crippen molar-refractivity contribution >= 4 is 5.91 Å². The van der Waals surface area contributed by atoms with E-state index in [9.17, 15) is 4.79 Å². The van der Waals surface area contributed by atoms with Crippen LogP contribution in [-0.2, 0) is 9.53 Å². The monoisotopic (exact) mass is 297 g/mol. The molecule has 1 amide bonds. The first-order valence-corrected chi connectivity index (χ1v) is 8.51. The van der Waals surface area contributed by atoms with E-state index in [2.05, 4.69) is 10.2 Å². The Balaban J connectivity index is 1.84. The second kappa shape index (κ2) is 8.71. The molecule has 0 spiro atoms. The Morgan fingerprint density at radius 1 is 1.19 bits per heavy atom. The Hall–Kier alpha value is -0.650. The van der Waals surface area contributed by atoms with Crippen LogP contribution >= 0.6 is 0 Å². The number of carbonyl (C=O) groups excluding carboxylic acids is 1. The van der Waals surface area contributed by atoms with E-state index in [0.717, 1.165) is 45.8 Å². The van der Waals surface area contributed by atoms with Gasteiger partial charge < -0.3 is 15.8 Å². The molecule has 1 aliphatic carbocycles. The van der Waals surface area contributed by atoms with Crippen LogP contribution in [0.3, 0.4) is 0 Å². The van der Waals surface area contributed by atoms with E-state index in [0.29, 0.717) is 13.0 Å². The molecule has 0 bridgehead atoms. The molecule has 1 saturated carbocycles. The summed E-state index contributed by atoms with van der Waals surface area (Å²) in [6, 6.07) is 0. The van der Waals surface area contributed by atoms with Crippen LogP contribution in [0, 0.1) is 5.41 Å². The van der Waals surface area contributed by atoms with Gasteiger partial charge in [-0.15, -0.1) is 0 Å². The van der Waals surface area contributed by atoms with E-state index in [-0.39, 0.29) is 11.3 Å². The number of nitrogens with two attached hydrogens (primary N) is 1. The van der Waals surface area contributed by atoms with Crippen molar-refractivity contribution in [3.05, 3.63) is 0 Å². The predicted octanol–water partition coefficient (Wildman–Crippen LogP) is 1.12. The lowest BCUT2D eigenvalue weighted by atomic mass is 9.73. The molecule has 3 N–H and O–H groups in total. The molecule has 2 aliphatic rings. The van der Waals surface area contributed by atoms with E-state index < -0.39 is 0 Å². The molecule has 0 aromatic carbocycles. The zero-order valence-corrected chi connectivity index (χ0v) is 13.2. The highest BCUT2D eigenvalue weighted by molar-refractivity contribution is 5.75. The molecule has 2 fully saturated rings. The van der Waals surface area contributed by atoms with Gasteiger partial charge in [-0.2, -0.15) is 0 Å². The Morgan fingerprint density at radius 3 is 2.57 bits per heavy atom. The molecule has 0 unspecified atom stereocenters. The van der Waals surface area contributed by atoms with Crippen molar-refractivity contribution in [3.63, 3.8) is 0 Å². The van der Waals surface area contributed by atoms with Crippen molar-refractivity contribution in [2.75, 3.05) is 45.9 Å². The standard InChI is InChI=1S/C16H31N3O2/c17-8-4-5-15(20)18-13-16(6-2-1-3-7-16)14-19-9-11-21-12-10-19/h1-14,17H2,(H,18,20). The Labute approximate surface area is 128 Å². The third-order valence-corrected chi connectivity index (χ3v) is 4.85. The van der Waals surface area contributed by atoms with E-state index >= 15 is 0 Å². The number of nitrogens with one attached hydrogen (secondary N) is 1. The number of hydrogen-bond acceptors (Lipinski definition) is 4. The number of rotatable bonds is 7. The van der Waals surface area contributed by atoms with Gasteiger partial charge in [0.25, 0.3) is 0 Å². The van der Waals surface area contributed by atoms with Gasteiger partial charge in [0.15, 0.2) is 0 Å². The maximum absolute atomic E-state index is 11.9. The van der Waals surface area contributed by atoms with Crippen LogP contribution < -0.4 is 11.1 Å². The molecule has 5 heteroatoms. The van der Waals surface area contributed by atoms with Crippen LogP contribution in [0.15, 0.2) is 0 Å². The van der Waals surface area contributed by atoms with Crippen LogP contribution in [0.1, 0.15) is 44.9 Å². The Bertz CT molecular complexity index is 311. The fraction of sp³-hybridized carbons (Fsp3) is 0.938. The highest BCUT2D eigenvalue weighted by atomic mass is 16.5. The van der Waals surface area contributed by atoms with Gasteiger partial charge >= 0.3 is 0 Å². The molecule has 0 aromatic heterocycles. The lowest BCUT2D eigenvalue weighted by molar-refractivity contribution is -0.122. The van der Waals surface area contributed by atoms with Crippen molar-refractivity contribution < 1.29 is 9.53 Å². The van der Waals surface area contributed by atoms with Crippen molar-refractivity contribution in [3.8, 4) is 0 Å². The third kappa shape index (κ3) is 5.57. The fourth-order valence-corrected chi connectivity index (χ4v) is 3.56. The molecular weight excluding hydrogens is 266 g/mol. The van der Waals surface area contributed by atoms with Crippen molar-refractivity contribution in [1.82, 2.24) is 10.2 Å². The highest BCUT2D eigenvalue weighted by Crippen LogP contribution is 2.36. The second-order valence-electron chi connectivity index (χ2n) is 6.62. The molecule has 2 rings (SSSR count). The normalized spacial score (nSPS) is 22.9. The summed E-state index contributed by atoms with van der Waals surface area (Å²) in [6.07, 6.45) is 7.74. The lowest BCUT2D eigenvalue weighted by Crippen LogP contribution is -2.49. The average Bonchev–Trinajstić information content (AvgIpc) is 2.53. The summed E-state index contributed by atoms with van der Waals surface area (Å²) in [4.78, 5) is 14.4. The predicted molar refractivity (Wildman–Crippen MR) is 84.1 cm³/mol. The summed E-state index contributed by atoms with van der Waals surface area (Å²) >= 11 is 0. The number of ether oxygens (including phenoxy) is 1. The largest absolute Gasteiger partial charge is 0.379 e. The smallest absolute Gasteiger partial charge is 0.220 e. The summed E-state index contributed by atoms with van der Waals surface area (Å²) in [5.41, 5.74) is 5.74. The zero-order chi connectivity index (χ0) is 15.0. The third-order valence-electron chi connectivity index (χ3n) is 4.85. The Kier molecular flexibility index (Phi) is 6.93. The molecule has 1 saturated heterocycles. The molecule has 5 nitrogen and oxygen atoms in total. The molecule has 1 heterocycles. The van der Waals surface area contributed by atoms with Crippen LogP contribution in [0.4, 0.5) is 0 Å². The quantitative estimate of drug-likeness (QED) is 0.739. The molecule has 1 aliphatic heterocycles. The molecular formula is C16H31N3O2. The number of hydrogen-bond donors (Lipinski definition) is 2. The minimum absolute atomic E-state index is 0.160. The summed E-state index contributed by atoms with van der Waals surface area (Å²) in [5.74, 6) is 0.160. The summed E-state index contributed by atoms with van der Waals surface area (Å²) in [7, 11) is 0. The van der Waals surface area contributed by atoms with Gasteiger partial charge in [0.1, 0.15) is 0 Å². The van der Waals surface area contributed by atoms with E-state index in [1.807, 2.05) is 0 Å². The highest BCUT2D eigenvalue weighted by Gasteiger charge is 2.34. The SMILES string of the molecule is NCCCC(=O)NCC1(CN2CCOCC2)CCCCC1. The maximum Gasteiger partial charge on any atom is 0.220 e. The number of carbonyl (C=O) groups is 1. The van der Waals surface area contributed by atoms with Crippen LogP contribution in [0.2, 0.25) is 0 Å². The zero-order valence-electron chi connectivity index (χ0n) is 13.2. The molecule has 0 atom stereocenters. The van der Waals surface area contributed by atoms with E-state index in [4.69, 9.17) is 10.5 Å². The first kappa shape index (κ1) is 16.7. The summed E-state index contributed by atoms with van der Waals surface area (Å²) < 4.78 is 5.44. The molecule has 0 radical (unpaired) electrons. The average molecular weight is 297 g/mol. The van der Waals surface area contributed by atoms with Crippen LogP contribution in [0.25, 0.3) is 0 Å². The van der Waals surface area contributed by atoms with Crippen LogP contribution in [-0.4, -0.2) is 56.7 Å². The van der Waals surface area contributed by atoms with Gasteiger partial charge in [-0.1, -0.05) is 19.3 Å². The minimum Gasteiger partial charge on any atom is -0.379 e.